The van der Waals surface area contributed by atoms with Gasteiger partial charge < -0.3 is 5.32 Å². The van der Waals surface area contributed by atoms with E-state index in [0.29, 0.717) is 16.2 Å². The standard InChI is InChI=1S/C15H29N/c1-13(2)8-7-11(9-13)16-10-12-14(3,4)15(12,5)6/h11-12,16H,7-10H2,1-6H3. The van der Waals surface area contributed by atoms with Gasteiger partial charge in [0, 0.05) is 6.04 Å². The summed E-state index contributed by atoms with van der Waals surface area (Å²) in [6, 6.07) is 0.780. The lowest BCUT2D eigenvalue weighted by atomic mass is 9.92. The average molecular weight is 223 g/mol. The van der Waals surface area contributed by atoms with Crippen LogP contribution in [0.3, 0.4) is 0 Å². The first-order chi connectivity index (χ1) is 7.17. The molecular weight excluding hydrogens is 194 g/mol. The number of hydrogen-bond acceptors (Lipinski definition) is 1. The molecule has 0 radical (unpaired) electrons. The minimum atomic E-state index is 0.536. The van der Waals surface area contributed by atoms with Crippen LogP contribution in [0.25, 0.3) is 0 Å². The summed E-state index contributed by atoms with van der Waals surface area (Å²) < 4.78 is 0. The summed E-state index contributed by atoms with van der Waals surface area (Å²) in [4.78, 5) is 0. The molecule has 0 spiro atoms. The Hall–Kier alpha value is -0.0400. The summed E-state index contributed by atoms with van der Waals surface area (Å²) in [5.41, 5.74) is 1.65. The molecule has 0 aromatic rings. The highest BCUT2D eigenvalue weighted by Gasteiger charge is 2.63. The van der Waals surface area contributed by atoms with Crippen molar-refractivity contribution < 1.29 is 0 Å². The lowest BCUT2D eigenvalue weighted by Gasteiger charge is -2.18. The van der Waals surface area contributed by atoms with E-state index in [-0.39, 0.29) is 0 Å². The molecule has 1 nitrogen and oxygen atoms in total. The van der Waals surface area contributed by atoms with Gasteiger partial charge in [0.2, 0.25) is 0 Å². The molecule has 0 saturated heterocycles. The first-order valence-electron chi connectivity index (χ1n) is 6.90. The Morgan fingerprint density at radius 1 is 1.00 bits per heavy atom. The van der Waals surface area contributed by atoms with Crippen LogP contribution in [0, 0.1) is 22.2 Å². The third kappa shape index (κ3) is 1.92. The van der Waals surface area contributed by atoms with Gasteiger partial charge in [-0.25, -0.2) is 0 Å². The fourth-order valence-electron chi connectivity index (χ4n) is 3.74. The highest BCUT2D eigenvalue weighted by Crippen LogP contribution is 2.68. The SMILES string of the molecule is CC1(C)CCC(NCC2C(C)(C)C2(C)C)C1. The van der Waals surface area contributed by atoms with Gasteiger partial charge in [-0.05, 0) is 48.0 Å². The van der Waals surface area contributed by atoms with Crippen molar-refractivity contribution in [3.63, 3.8) is 0 Å². The van der Waals surface area contributed by atoms with Gasteiger partial charge in [-0.1, -0.05) is 41.5 Å². The molecule has 2 aliphatic carbocycles. The predicted molar refractivity (Wildman–Crippen MR) is 70.5 cm³/mol. The zero-order valence-electron chi connectivity index (χ0n) is 12.0. The van der Waals surface area contributed by atoms with E-state index in [1.54, 1.807) is 0 Å². The van der Waals surface area contributed by atoms with Crippen molar-refractivity contribution in [2.75, 3.05) is 6.54 Å². The summed E-state index contributed by atoms with van der Waals surface area (Å²) >= 11 is 0. The second-order valence-corrected chi connectivity index (χ2v) is 8.01. The summed E-state index contributed by atoms with van der Waals surface area (Å²) in [6.45, 7) is 15.7. The average Bonchev–Trinajstić information content (AvgIpc) is 2.43. The highest BCUT2D eigenvalue weighted by atomic mass is 15.0. The molecule has 1 heteroatoms. The molecule has 0 bridgehead atoms. The van der Waals surface area contributed by atoms with Crippen LogP contribution in [0.15, 0.2) is 0 Å². The summed E-state index contributed by atoms with van der Waals surface area (Å²) in [5.74, 6) is 0.865. The molecule has 1 unspecified atom stereocenters. The van der Waals surface area contributed by atoms with Crippen LogP contribution >= 0.6 is 0 Å². The topological polar surface area (TPSA) is 12.0 Å². The van der Waals surface area contributed by atoms with E-state index in [1.165, 1.54) is 25.8 Å². The predicted octanol–water partition coefficient (Wildman–Crippen LogP) is 3.84. The van der Waals surface area contributed by atoms with E-state index < -0.39 is 0 Å². The Morgan fingerprint density at radius 2 is 1.56 bits per heavy atom. The van der Waals surface area contributed by atoms with E-state index in [4.69, 9.17) is 0 Å². The molecule has 0 aromatic carbocycles. The van der Waals surface area contributed by atoms with Crippen molar-refractivity contribution in [3.8, 4) is 0 Å². The van der Waals surface area contributed by atoms with Crippen molar-refractivity contribution >= 4 is 0 Å². The van der Waals surface area contributed by atoms with Gasteiger partial charge in [-0.2, -0.15) is 0 Å². The molecule has 16 heavy (non-hydrogen) atoms. The maximum absolute atomic E-state index is 3.81. The Labute approximate surface area is 101 Å². The Balaban J connectivity index is 1.79. The van der Waals surface area contributed by atoms with Crippen molar-refractivity contribution in [1.29, 1.82) is 0 Å². The summed E-state index contributed by atoms with van der Waals surface area (Å²) in [6.07, 6.45) is 4.13. The van der Waals surface area contributed by atoms with Gasteiger partial charge in [-0.3, -0.25) is 0 Å². The van der Waals surface area contributed by atoms with Crippen molar-refractivity contribution in [3.05, 3.63) is 0 Å². The molecule has 2 saturated carbocycles. The van der Waals surface area contributed by atoms with Crippen LogP contribution in [0.5, 0.6) is 0 Å². The third-order valence-corrected chi connectivity index (χ3v) is 5.90. The van der Waals surface area contributed by atoms with Crippen LogP contribution in [-0.4, -0.2) is 12.6 Å². The monoisotopic (exact) mass is 223 g/mol. The largest absolute Gasteiger partial charge is 0.314 e. The van der Waals surface area contributed by atoms with Crippen LogP contribution < -0.4 is 5.32 Å². The lowest BCUT2D eigenvalue weighted by molar-refractivity contribution is 0.360. The fourth-order valence-corrected chi connectivity index (χ4v) is 3.74. The summed E-state index contributed by atoms with van der Waals surface area (Å²) in [5, 5.41) is 3.81. The quantitative estimate of drug-likeness (QED) is 0.766. The lowest BCUT2D eigenvalue weighted by Crippen LogP contribution is -2.30. The number of rotatable bonds is 3. The van der Waals surface area contributed by atoms with E-state index in [2.05, 4.69) is 46.9 Å². The number of nitrogens with one attached hydrogen (secondary N) is 1. The van der Waals surface area contributed by atoms with Crippen molar-refractivity contribution in [2.24, 2.45) is 22.2 Å². The molecule has 0 heterocycles. The van der Waals surface area contributed by atoms with E-state index in [0.717, 1.165) is 12.0 Å². The normalized spacial score (nSPS) is 35.2. The molecule has 0 aromatic heterocycles. The van der Waals surface area contributed by atoms with Gasteiger partial charge in [0.15, 0.2) is 0 Å². The minimum absolute atomic E-state index is 0.536. The number of hydrogen-bond donors (Lipinski definition) is 1. The van der Waals surface area contributed by atoms with Gasteiger partial charge in [0.25, 0.3) is 0 Å². The highest BCUT2D eigenvalue weighted by molar-refractivity contribution is 5.13. The maximum Gasteiger partial charge on any atom is 0.00724 e. The Kier molecular flexibility index (Phi) is 2.70. The minimum Gasteiger partial charge on any atom is -0.314 e. The van der Waals surface area contributed by atoms with Crippen LogP contribution in [0.2, 0.25) is 0 Å². The van der Waals surface area contributed by atoms with Crippen LogP contribution in [0.1, 0.15) is 60.8 Å². The molecule has 0 amide bonds. The molecule has 2 fully saturated rings. The zero-order valence-corrected chi connectivity index (χ0v) is 12.0. The first kappa shape index (κ1) is 12.4. The van der Waals surface area contributed by atoms with Gasteiger partial charge >= 0.3 is 0 Å². The van der Waals surface area contributed by atoms with Crippen LogP contribution in [-0.2, 0) is 0 Å². The third-order valence-electron chi connectivity index (χ3n) is 5.90. The zero-order chi connectivity index (χ0) is 12.2. The van der Waals surface area contributed by atoms with E-state index in [9.17, 15) is 0 Å². The summed E-state index contributed by atoms with van der Waals surface area (Å²) in [7, 11) is 0. The van der Waals surface area contributed by atoms with Crippen molar-refractivity contribution in [2.45, 2.75) is 66.8 Å². The molecule has 94 valence electrons. The molecule has 0 aliphatic heterocycles. The first-order valence-corrected chi connectivity index (χ1v) is 6.90. The molecular formula is C15H29N. The second-order valence-electron chi connectivity index (χ2n) is 8.01. The van der Waals surface area contributed by atoms with E-state index >= 15 is 0 Å². The van der Waals surface area contributed by atoms with E-state index in [1.807, 2.05) is 0 Å². The van der Waals surface area contributed by atoms with Crippen molar-refractivity contribution in [1.82, 2.24) is 5.32 Å². The molecule has 2 rings (SSSR count). The fraction of sp³-hybridized carbons (Fsp3) is 1.00. The second kappa shape index (κ2) is 3.48. The Bertz CT molecular complexity index is 261. The van der Waals surface area contributed by atoms with Crippen LogP contribution in [0.4, 0.5) is 0 Å². The van der Waals surface area contributed by atoms with Gasteiger partial charge in [0.1, 0.15) is 0 Å². The maximum atomic E-state index is 3.81. The molecule has 2 aliphatic rings. The molecule has 1 N–H and O–H groups in total. The Morgan fingerprint density at radius 3 is 1.94 bits per heavy atom. The smallest absolute Gasteiger partial charge is 0.00724 e. The molecule has 1 atom stereocenters. The van der Waals surface area contributed by atoms with Gasteiger partial charge in [-0.15, -0.1) is 0 Å². The van der Waals surface area contributed by atoms with Gasteiger partial charge in [0.05, 0.1) is 0 Å².